The van der Waals surface area contributed by atoms with Gasteiger partial charge in [0.15, 0.2) is 18.2 Å². The number of imide groups is 1. The second-order valence-electron chi connectivity index (χ2n) is 18.3. The summed E-state index contributed by atoms with van der Waals surface area (Å²) in [4.78, 5) is 77.5. The highest BCUT2D eigenvalue weighted by molar-refractivity contribution is 6.33. The number of likely N-dealkylation sites (N-methyl/N-ethyl adjacent to an activating group) is 1. The Morgan fingerprint density at radius 3 is 2.40 bits per heavy atom. The van der Waals surface area contributed by atoms with Gasteiger partial charge in [-0.3, -0.25) is 29.3 Å². The van der Waals surface area contributed by atoms with E-state index in [9.17, 15) is 37.1 Å². The molecule has 1 atom stereocenters. The summed E-state index contributed by atoms with van der Waals surface area (Å²) in [7, 11) is 1.50. The molecule has 3 saturated heterocycles. The lowest BCUT2D eigenvalue weighted by Crippen LogP contribution is -2.52. The van der Waals surface area contributed by atoms with Crippen LogP contribution in [-0.2, 0) is 31.8 Å². The number of fused-ring (bicyclic) bond motifs is 2. The normalized spacial score (nSPS) is 22.0. The predicted molar refractivity (Wildman–Crippen MR) is 243 cm³/mol. The Labute approximate surface area is 389 Å². The molecule has 2 aromatic carbocycles. The lowest BCUT2D eigenvalue weighted by atomic mass is 9.81. The number of likely N-dealkylation sites (tertiary alicyclic amines) is 1. The molecule has 6 heterocycles. The van der Waals surface area contributed by atoms with E-state index >= 15 is 0 Å². The molecule has 4 fully saturated rings. The Morgan fingerprint density at radius 1 is 0.970 bits per heavy atom. The summed E-state index contributed by atoms with van der Waals surface area (Å²) in [6, 6.07) is 9.25. The molecule has 1 aliphatic carbocycles. The molecule has 1 unspecified atom stereocenters. The van der Waals surface area contributed by atoms with Gasteiger partial charge in [-0.2, -0.15) is 18.2 Å². The Balaban J connectivity index is 0.765. The number of ether oxygens (including phenoxy) is 2. The maximum atomic E-state index is 14.8. The van der Waals surface area contributed by atoms with Crippen molar-refractivity contribution in [3.63, 3.8) is 0 Å². The fourth-order valence-electron chi connectivity index (χ4n) is 10.3. The smallest absolute Gasteiger partial charge is 0.417 e. The number of aromatic nitrogens is 3. The zero-order valence-corrected chi connectivity index (χ0v) is 38.2. The first kappa shape index (κ1) is 46.3. The van der Waals surface area contributed by atoms with Crippen molar-refractivity contribution < 1.29 is 41.8 Å². The number of hydrogen-bond acceptors (Lipinski definition) is 12. The van der Waals surface area contributed by atoms with Gasteiger partial charge in [-0.05, 0) is 119 Å². The van der Waals surface area contributed by atoms with Gasteiger partial charge in [-0.15, -0.1) is 0 Å². The highest BCUT2D eigenvalue weighted by atomic mass is 35.5. The van der Waals surface area contributed by atoms with E-state index in [-0.39, 0.29) is 84.1 Å². The van der Waals surface area contributed by atoms with Crippen molar-refractivity contribution >= 4 is 63.6 Å². The average molecular weight is 948 g/mol. The van der Waals surface area contributed by atoms with Crippen molar-refractivity contribution in [2.45, 2.75) is 114 Å². The fourth-order valence-corrected chi connectivity index (χ4v) is 10.4. The molecule has 4 aliphatic heterocycles. The van der Waals surface area contributed by atoms with Crippen molar-refractivity contribution in [2.75, 3.05) is 50.1 Å². The summed E-state index contributed by atoms with van der Waals surface area (Å²) in [6.45, 7) is 5.88. The molecule has 67 heavy (non-hydrogen) atoms. The van der Waals surface area contributed by atoms with Crippen LogP contribution in [0.25, 0.3) is 10.9 Å². The summed E-state index contributed by atoms with van der Waals surface area (Å²) in [5.41, 5.74) is 0.371. The molecule has 5 aliphatic rings. The number of nitrogens with zero attached hydrogens (tertiary/aromatic N) is 6. The molecule has 0 spiro atoms. The van der Waals surface area contributed by atoms with Gasteiger partial charge in [-0.25, -0.2) is 4.98 Å². The van der Waals surface area contributed by atoms with Crippen molar-refractivity contribution in [1.82, 2.24) is 35.0 Å². The molecule has 356 valence electrons. The van der Waals surface area contributed by atoms with Crippen molar-refractivity contribution in [1.29, 1.82) is 0 Å². The van der Waals surface area contributed by atoms with Gasteiger partial charge in [0, 0.05) is 61.8 Å². The lowest BCUT2D eigenvalue weighted by molar-refractivity contribution is -0.139. The maximum absolute atomic E-state index is 14.8. The number of pyridine rings is 1. The summed E-state index contributed by atoms with van der Waals surface area (Å²) in [5.74, 6) is -1.40. The third-order valence-corrected chi connectivity index (χ3v) is 14.1. The van der Waals surface area contributed by atoms with Gasteiger partial charge in [0.1, 0.15) is 11.1 Å². The Hall–Kier alpha value is -5.79. The number of benzene rings is 2. The van der Waals surface area contributed by atoms with E-state index in [2.05, 4.69) is 30.7 Å². The van der Waals surface area contributed by atoms with E-state index < -0.39 is 35.5 Å². The minimum atomic E-state index is -4.68. The number of halogens is 4. The van der Waals surface area contributed by atoms with Crippen LogP contribution in [0.5, 0.6) is 5.75 Å². The number of carbonyl (C=O) groups is 4. The quantitative estimate of drug-likeness (QED) is 0.140. The maximum Gasteiger partial charge on any atom is 0.417 e. The molecule has 1 saturated carbocycles. The minimum Gasteiger partial charge on any atom is -0.478 e. The standard InChI is InChI=1S/C47H53ClF3N9O7/c1-25(2)60-36-7-4-28(18-27(36)19-38(45(60)65)66-24-40(62)52-3)54-42-35(48)22-53-46(56-42)58-16-12-30(13-17-58)67-31-20-29(21-31)57-14-10-26(11-15-57)32-5-6-33-34(41(32)47(49,50)51)23-59(44(33)64)37-8-9-39(61)55-43(37)63/h4-7,18-19,22,25-26,29-31,37H,8-17,20-21,23-24H2,1-3H3,(H,52,62)(H,53,54,56)(H,55,61,63). The second kappa shape index (κ2) is 18.7. The molecular weight excluding hydrogens is 895 g/mol. The largest absolute Gasteiger partial charge is 0.478 e. The Morgan fingerprint density at radius 2 is 1.72 bits per heavy atom. The number of piperidine rings is 3. The van der Waals surface area contributed by atoms with E-state index in [4.69, 9.17) is 26.1 Å². The van der Waals surface area contributed by atoms with Gasteiger partial charge >= 0.3 is 6.18 Å². The van der Waals surface area contributed by atoms with Gasteiger partial charge in [-0.1, -0.05) is 17.7 Å². The van der Waals surface area contributed by atoms with Crippen molar-refractivity contribution in [3.8, 4) is 5.75 Å². The van der Waals surface area contributed by atoms with Crippen LogP contribution in [0, 0.1) is 0 Å². The summed E-state index contributed by atoms with van der Waals surface area (Å²) in [5, 5.41) is 9.05. The van der Waals surface area contributed by atoms with E-state index in [0.29, 0.717) is 73.1 Å². The summed E-state index contributed by atoms with van der Waals surface area (Å²) in [6.07, 6.45) is 1.56. The molecule has 9 rings (SSSR count). The third kappa shape index (κ3) is 9.41. The second-order valence-corrected chi connectivity index (χ2v) is 18.7. The average Bonchev–Trinajstić information content (AvgIpc) is 3.62. The van der Waals surface area contributed by atoms with Gasteiger partial charge in [0.2, 0.25) is 17.8 Å². The van der Waals surface area contributed by atoms with E-state index in [0.717, 1.165) is 31.1 Å². The zero-order chi connectivity index (χ0) is 47.3. The number of amides is 4. The number of nitrogens with one attached hydrogen (secondary N) is 3. The molecule has 4 amide bonds. The topological polar surface area (TPSA) is 180 Å². The number of anilines is 3. The monoisotopic (exact) mass is 947 g/mol. The molecule has 16 nitrogen and oxygen atoms in total. The molecule has 4 aromatic rings. The van der Waals surface area contributed by atoms with Crippen molar-refractivity contribution in [2.24, 2.45) is 0 Å². The zero-order valence-electron chi connectivity index (χ0n) is 37.5. The highest BCUT2D eigenvalue weighted by Gasteiger charge is 2.47. The number of hydrogen-bond donors (Lipinski definition) is 3. The number of rotatable bonds is 12. The van der Waals surface area contributed by atoms with Crippen molar-refractivity contribution in [3.05, 3.63) is 80.2 Å². The number of alkyl halides is 3. The Kier molecular flexibility index (Phi) is 12.9. The first-order chi connectivity index (χ1) is 32.1. The summed E-state index contributed by atoms with van der Waals surface area (Å²) >= 11 is 6.58. The molecule has 3 N–H and O–H groups in total. The number of carbonyl (C=O) groups excluding carboxylic acids is 4. The van der Waals surface area contributed by atoms with E-state index in [1.807, 2.05) is 32.0 Å². The lowest BCUT2D eigenvalue weighted by Gasteiger charge is -2.47. The van der Waals surface area contributed by atoms with Crippen LogP contribution in [0.2, 0.25) is 5.02 Å². The summed E-state index contributed by atoms with van der Waals surface area (Å²) < 4.78 is 58.2. The van der Waals surface area contributed by atoms with Gasteiger partial charge in [0.05, 0.1) is 29.5 Å². The molecule has 0 radical (unpaired) electrons. The minimum absolute atomic E-state index is 0.0213. The third-order valence-electron chi connectivity index (χ3n) is 13.9. The van der Waals surface area contributed by atoms with Crippen LogP contribution in [-0.4, -0.2) is 112 Å². The fraction of sp³-hybridized carbons (Fsp3) is 0.511. The van der Waals surface area contributed by atoms with E-state index in [1.54, 1.807) is 16.8 Å². The van der Waals surface area contributed by atoms with Crippen LogP contribution in [0.1, 0.15) is 104 Å². The SMILES string of the molecule is CNC(=O)COc1cc2cc(Nc3nc(N4CCC(OC5CC(N6CCC(c7ccc8c(c7C(F)(F)F)CN(C7CCC(=O)NC7=O)C8=O)CC6)C5)CC4)ncc3Cl)ccc2n(C(C)C)c1=O. The van der Waals surface area contributed by atoms with Gasteiger partial charge in [0.25, 0.3) is 17.4 Å². The first-order valence-electron chi connectivity index (χ1n) is 22.9. The highest BCUT2D eigenvalue weighted by Crippen LogP contribution is 2.45. The van der Waals surface area contributed by atoms with Gasteiger partial charge < -0.3 is 39.4 Å². The van der Waals surface area contributed by atoms with Crippen LogP contribution in [0.3, 0.4) is 0 Å². The molecule has 0 bridgehead atoms. The Bertz CT molecular complexity index is 2660. The first-order valence-corrected chi connectivity index (χ1v) is 23.3. The molecular formula is C47H53ClF3N9O7. The van der Waals surface area contributed by atoms with Crippen LogP contribution in [0.15, 0.2) is 47.4 Å². The molecule has 20 heteroatoms. The molecule has 2 aromatic heterocycles. The van der Waals surface area contributed by atoms with E-state index in [1.165, 1.54) is 24.1 Å². The van der Waals surface area contributed by atoms with Crippen LogP contribution < -0.4 is 31.1 Å². The van der Waals surface area contributed by atoms with Crippen LogP contribution in [0.4, 0.5) is 30.6 Å². The van der Waals surface area contributed by atoms with Crippen LogP contribution >= 0.6 is 11.6 Å². The predicted octanol–water partition coefficient (Wildman–Crippen LogP) is 6.07.